The van der Waals surface area contributed by atoms with Crippen LogP contribution < -0.4 is 10.9 Å². The number of nitrogens with one attached hydrogen (secondary N) is 2. The third-order valence-corrected chi connectivity index (χ3v) is 6.77. The molecule has 10 heteroatoms. The third-order valence-electron chi connectivity index (χ3n) is 5.22. The van der Waals surface area contributed by atoms with Crippen LogP contribution in [0.25, 0.3) is 10.2 Å². The Labute approximate surface area is 170 Å². The lowest BCUT2D eigenvalue weighted by atomic mass is 10.2. The maximum absolute atomic E-state index is 13.0. The minimum absolute atomic E-state index is 0.0174. The molecule has 28 heavy (non-hydrogen) atoms. The first-order chi connectivity index (χ1) is 13.5. The highest BCUT2D eigenvalue weighted by molar-refractivity contribution is 7.71. The second kappa shape index (κ2) is 7.59. The van der Waals surface area contributed by atoms with Crippen molar-refractivity contribution in [3.05, 3.63) is 37.2 Å². The Hall–Kier alpha value is -2.33. The van der Waals surface area contributed by atoms with Gasteiger partial charge in [-0.15, -0.1) is 11.3 Å². The summed E-state index contributed by atoms with van der Waals surface area (Å²) >= 11 is 6.39. The van der Waals surface area contributed by atoms with E-state index in [0.717, 1.165) is 37.3 Å². The van der Waals surface area contributed by atoms with Crippen molar-refractivity contribution in [1.82, 2.24) is 29.6 Å². The molecule has 2 N–H and O–H groups in total. The van der Waals surface area contributed by atoms with Gasteiger partial charge in [0, 0.05) is 33.0 Å². The number of hydrogen-bond donors (Lipinski definition) is 2. The summed E-state index contributed by atoms with van der Waals surface area (Å²) in [4.78, 5) is 31.6. The van der Waals surface area contributed by atoms with E-state index >= 15 is 0 Å². The van der Waals surface area contributed by atoms with Gasteiger partial charge in [-0.2, -0.15) is 5.10 Å². The summed E-state index contributed by atoms with van der Waals surface area (Å²) in [5.41, 5.74) is 0.698. The van der Waals surface area contributed by atoms with Crippen LogP contribution in [0.15, 0.2) is 4.79 Å². The molecule has 3 aromatic heterocycles. The molecule has 1 amide bonds. The standard InChI is InChI=1S/C18H22N6O2S2/c1-10-13-16(20-11-6-4-3-5-9-24(11)17(13)26)28-14(10)15(25)19-8-7-12-21-22-18(27)23(12)2/h3-9H2,1-2H3,(H,19,25)(H,22,27). The number of nitrogens with zero attached hydrogens (tertiary/aromatic N) is 4. The summed E-state index contributed by atoms with van der Waals surface area (Å²) in [6, 6.07) is 0. The van der Waals surface area contributed by atoms with Gasteiger partial charge in [0.25, 0.3) is 11.5 Å². The van der Waals surface area contributed by atoms with Crippen LogP contribution in [-0.4, -0.2) is 36.8 Å². The molecule has 4 heterocycles. The number of carbonyl (C=O) groups excluding carboxylic acids is 1. The maximum Gasteiger partial charge on any atom is 0.262 e. The van der Waals surface area contributed by atoms with Gasteiger partial charge in [-0.05, 0) is 37.5 Å². The van der Waals surface area contributed by atoms with Gasteiger partial charge in [0.15, 0.2) is 4.77 Å². The van der Waals surface area contributed by atoms with Gasteiger partial charge in [-0.1, -0.05) is 6.42 Å². The second-order valence-electron chi connectivity index (χ2n) is 7.04. The largest absolute Gasteiger partial charge is 0.351 e. The number of aryl methyl sites for hydroxylation is 2. The Morgan fingerprint density at radius 1 is 1.36 bits per heavy atom. The summed E-state index contributed by atoms with van der Waals surface area (Å²) in [5, 5.41) is 10.4. The zero-order chi connectivity index (χ0) is 19.8. The number of amides is 1. The quantitative estimate of drug-likeness (QED) is 0.634. The van der Waals surface area contributed by atoms with Gasteiger partial charge in [0.05, 0.1) is 10.3 Å². The fraction of sp³-hybridized carbons (Fsp3) is 0.500. The minimum Gasteiger partial charge on any atom is -0.351 e. The fourth-order valence-corrected chi connectivity index (χ4v) is 4.86. The molecule has 0 aromatic carbocycles. The van der Waals surface area contributed by atoms with E-state index in [2.05, 4.69) is 15.5 Å². The van der Waals surface area contributed by atoms with E-state index in [0.29, 0.717) is 44.9 Å². The van der Waals surface area contributed by atoms with Crippen LogP contribution in [0.3, 0.4) is 0 Å². The van der Waals surface area contributed by atoms with Crippen molar-refractivity contribution < 1.29 is 4.79 Å². The number of fused-ring (bicyclic) bond motifs is 2. The first-order valence-electron chi connectivity index (χ1n) is 9.38. The van der Waals surface area contributed by atoms with Crippen molar-refractivity contribution in [2.45, 2.75) is 45.6 Å². The normalized spacial score (nSPS) is 14.1. The SMILES string of the molecule is Cc1c(C(=O)NCCc2n[nH]c(=S)n2C)sc2nc3n(c(=O)c12)CCCCC3. The molecule has 0 saturated carbocycles. The molecule has 0 fully saturated rings. The molecular formula is C18H22N6O2S2. The van der Waals surface area contributed by atoms with E-state index in [1.54, 1.807) is 9.13 Å². The Morgan fingerprint density at radius 2 is 2.18 bits per heavy atom. The zero-order valence-electron chi connectivity index (χ0n) is 15.9. The summed E-state index contributed by atoms with van der Waals surface area (Å²) in [5.74, 6) is 1.44. The van der Waals surface area contributed by atoms with Crippen molar-refractivity contribution >= 4 is 39.7 Å². The summed E-state index contributed by atoms with van der Waals surface area (Å²) in [7, 11) is 1.84. The van der Waals surface area contributed by atoms with Crippen LogP contribution in [-0.2, 0) is 26.4 Å². The smallest absolute Gasteiger partial charge is 0.262 e. The van der Waals surface area contributed by atoms with Gasteiger partial charge < -0.3 is 9.88 Å². The number of aromatic amines is 1. The lowest BCUT2D eigenvalue weighted by molar-refractivity contribution is 0.0957. The number of carbonyl (C=O) groups is 1. The van der Waals surface area contributed by atoms with Gasteiger partial charge in [-0.25, -0.2) is 4.98 Å². The number of hydrogen-bond acceptors (Lipinski definition) is 6. The molecule has 0 aliphatic carbocycles. The first-order valence-corrected chi connectivity index (χ1v) is 10.6. The lowest BCUT2D eigenvalue weighted by Crippen LogP contribution is -2.26. The van der Waals surface area contributed by atoms with E-state index in [1.165, 1.54) is 11.3 Å². The minimum atomic E-state index is -0.183. The van der Waals surface area contributed by atoms with Crippen molar-refractivity contribution in [3.63, 3.8) is 0 Å². The summed E-state index contributed by atoms with van der Waals surface area (Å²) in [6.07, 6.45) is 4.53. The van der Waals surface area contributed by atoms with Crippen molar-refractivity contribution in [2.75, 3.05) is 6.54 Å². The number of H-pyrrole nitrogens is 1. The van der Waals surface area contributed by atoms with E-state index in [-0.39, 0.29) is 11.5 Å². The maximum atomic E-state index is 13.0. The van der Waals surface area contributed by atoms with E-state index < -0.39 is 0 Å². The second-order valence-corrected chi connectivity index (χ2v) is 8.43. The molecule has 0 spiro atoms. The predicted octanol–water partition coefficient (Wildman–Crippen LogP) is 2.26. The van der Waals surface area contributed by atoms with Gasteiger partial charge in [0.1, 0.15) is 16.5 Å². The molecule has 0 atom stereocenters. The molecule has 148 valence electrons. The Morgan fingerprint density at radius 3 is 2.93 bits per heavy atom. The van der Waals surface area contributed by atoms with Crippen molar-refractivity contribution in [3.8, 4) is 0 Å². The monoisotopic (exact) mass is 418 g/mol. The van der Waals surface area contributed by atoms with Gasteiger partial charge in [0.2, 0.25) is 0 Å². The highest BCUT2D eigenvalue weighted by Crippen LogP contribution is 2.28. The van der Waals surface area contributed by atoms with Crippen molar-refractivity contribution in [2.24, 2.45) is 7.05 Å². The average Bonchev–Trinajstić information content (AvgIpc) is 3.05. The molecule has 3 aromatic rings. The van der Waals surface area contributed by atoms with E-state index in [1.807, 2.05) is 14.0 Å². The highest BCUT2D eigenvalue weighted by Gasteiger charge is 2.22. The van der Waals surface area contributed by atoms with Crippen LogP contribution in [0.2, 0.25) is 0 Å². The van der Waals surface area contributed by atoms with Crippen molar-refractivity contribution in [1.29, 1.82) is 0 Å². The van der Waals surface area contributed by atoms with Crippen LogP contribution in [0.5, 0.6) is 0 Å². The molecule has 4 rings (SSSR count). The topological polar surface area (TPSA) is 97.6 Å². The van der Waals surface area contributed by atoms with E-state index in [4.69, 9.17) is 17.2 Å². The number of thiophene rings is 1. The average molecular weight is 419 g/mol. The predicted molar refractivity (Wildman–Crippen MR) is 111 cm³/mol. The lowest BCUT2D eigenvalue weighted by Gasteiger charge is -2.08. The number of aromatic nitrogens is 5. The molecule has 1 aliphatic rings. The van der Waals surface area contributed by atoms with Crippen LogP contribution in [0.4, 0.5) is 0 Å². The van der Waals surface area contributed by atoms with Gasteiger partial charge in [-0.3, -0.25) is 19.3 Å². The molecule has 0 unspecified atom stereocenters. The summed E-state index contributed by atoms with van der Waals surface area (Å²) < 4.78 is 4.12. The van der Waals surface area contributed by atoms with Crippen LogP contribution in [0.1, 0.15) is 46.1 Å². The Kier molecular flexibility index (Phi) is 5.15. The Balaban J connectivity index is 1.58. The molecule has 1 aliphatic heterocycles. The fourth-order valence-electron chi connectivity index (χ4n) is 3.60. The molecular weight excluding hydrogens is 396 g/mol. The molecule has 0 saturated heterocycles. The van der Waals surface area contributed by atoms with Gasteiger partial charge >= 0.3 is 0 Å². The van der Waals surface area contributed by atoms with Crippen LogP contribution in [0, 0.1) is 11.7 Å². The third kappa shape index (κ3) is 3.30. The summed E-state index contributed by atoms with van der Waals surface area (Å²) in [6.45, 7) is 2.97. The molecule has 8 nitrogen and oxygen atoms in total. The first kappa shape index (κ1) is 19.0. The highest BCUT2D eigenvalue weighted by atomic mass is 32.1. The molecule has 0 radical (unpaired) electrons. The van der Waals surface area contributed by atoms with E-state index in [9.17, 15) is 9.59 Å². The number of rotatable bonds is 4. The zero-order valence-corrected chi connectivity index (χ0v) is 17.5. The Bertz CT molecular complexity index is 1170. The molecule has 0 bridgehead atoms. The van der Waals surface area contributed by atoms with Crippen LogP contribution >= 0.6 is 23.6 Å².